The average Bonchev–Trinajstić information content (AvgIpc) is 3.62. The van der Waals surface area contributed by atoms with Crippen molar-refractivity contribution in [2.75, 3.05) is 40.8 Å². The summed E-state index contributed by atoms with van der Waals surface area (Å²) >= 11 is 3.38. The molecular formula is C39H57BrN5O5+. The highest BCUT2D eigenvalue weighted by Crippen LogP contribution is 2.30. The van der Waals surface area contributed by atoms with E-state index in [4.69, 9.17) is 5.73 Å². The molecule has 3 rings (SSSR count). The largest absolute Gasteiger partial charge is 0.355 e. The minimum absolute atomic E-state index is 0.0173. The summed E-state index contributed by atoms with van der Waals surface area (Å²) < 4.78 is 1.66. The smallest absolute Gasteiger partial charge is 0.251 e. The number of hydrogen-bond acceptors (Lipinski definition) is 6. The lowest BCUT2D eigenvalue weighted by Gasteiger charge is -2.27. The van der Waals surface area contributed by atoms with Crippen LogP contribution in [0.1, 0.15) is 80.6 Å². The molecule has 0 bridgehead atoms. The van der Waals surface area contributed by atoms with Gasteiger partial charge in [-0.25, -0.2) is 0 Å². The maximum absolute atomic E-state index is 13.9. The second-order valence-corrected chi connectivity index (χ2v) is 15.7. The van der Waals surface area contributed by atoms with Crippen LogP contribution >= 0.6 is 15.9 Å². The Hall–Kier alpha value is -3.41. The Morgan fingerprint density at radius 1 is 0.860 bits per heavy atom. The molecule has 50 heavy (non-hydrogen) atoms. The van der Waals surface area contributed by atoms with E-state index in [1.165, 1.54) is 0 Å². The first-order valence-electron chi connectivity index (χ1n) is 18.0. The number of ketones is 2. The summed E-state index contributed by atoms with van der Waals surface area (Å²) in [4.78, 5) is 67.6. The molecule has 0 saturated heterocycles. The number of benzene rings is 2. The molecule has 0 unspecified atom stereocenters. The van der Waals surface area contributed by atoms with E-state index in [1.807, 2.05) is 30.3 Å². The standard InChI is InChI=1S/C39H56BrN5O5/c1-27(24-34(46)33(25-28-12-6-5-7-13-28)43-39(50)30-17-19-32(40)20-18-30)37(48)44-36(29-14-8-9-15-29)35(47)26-31(38(49)42-22-21-41)16-10-11-23-45(2,3)4/h5-7,12-13,17-20,27,29,31,33,36H,8-11,14-16,21-26,41H2,1-4H3,(H2-,42,43,44,48,49,50)/p+1/t27-,31-,33+,36+/m1/s1. The number of carbonyl (C=O) groups excluding carboxylic acids is 5. The summed E-state index contributed by atoms with van der Waals surface area (Å²) in [6.45, 7) is 3.29. The predicted molar refractivity (Wildman–Crippen MR) is 200 cm³/mol. The molecule has 1 saturated carbocycles. The van der Waals surface area contributed by atoms with E-state index in [2.05, 4.69) is 53.0 Å². The number of amides is 3. The van der Waals surface area contributed by atoms with Crippen molar-refractivity contribution in [1.82, 2.24) is 16.0 Å². The van der Waals surface area contributed by atoms with E-state index in [0.29, 0.717) is 25.1 Å². The van der Waals surface area contributed by atoms with Crippen LogP contribution in [-0.2, 0) is 25.6 Å². The number of nitrogens with zero attached hydrogens (tertiary/aromatic N) is 1. The molecule has 11 heteroatoms. The fourth-order valence-electron chi connectivity index (χ4n) is 6.53. The lowest BCUT2D eigenvalue weighted by Crippen LogP contribution is -2.49. The summed E-state index contributed by atoms with van der Waals surface area (Å²) in [6.07, 6.45) is 6.12. The Morgan fingerprint density at radius 2 is 1.52 bits per heavy atom. The van der Waals surface area contributed by atoms with E-state index in [-0.39, 0.29) is 54.5 Å². The summed E-state index contributed by atoms with van der Waals surface area (Å²) in [7, 11) is 6.38. The Balaban J connectivity index is 1.71. The van der Waals surface area contributed by atoms with Gasteiger partial charge in [-0.1, -0.05) is 66.0 Å². The minimum Gasteiger partial charge on any atom is -0.355 e. The highest BCUT2D eigenvalue weighted by Gasteiger charge is 2.36. The van der Waals surface area contributed by atoms with Crippen LogP contribution in [0.2, 0.25) is 0 Å². The Labute approximate surface area is 306 Å². The van der Waals surface area contributed by atoms with Gasteiger partial charge in [-0.15, -0.1) is 0 Å². The molecule has 10 nitrogen and oxygen atoms in total. The molecule has 0 radical (unpaired) electrons. The van der Waals surface area contributed by atoms with Gasteiger partial charge in [0.05, 0.1) is 39.8 Å². The summed E-state index contributed by atoms with van der Waals surface area (Å²) in [5.41, 5.74) is 6.94. The SMILES string of the molecule is C[C@H](CC(=O)[C@H](Cc1ccccc1)NC(=O)c1ccc(Br)cc1)C(=O)N[C@H](C(=O)C[C@@H](CCCC[N+](C)(C)C)C(=O)NCCN)C1CCCC1. The van der Waals surface area contributed by atoms with Crippen molar-refractivity contribution in [3.63, 3.8) is 0 Å². The van der Waals surface area contributed by atoms with Crippen molar-refractivity contribution in [2.24, 2.45) is 23.5 Å². The van der Waals surface area contributed by atoms with Crippen LogP contribution in [0.5, 0.6) is 0 Å². The highest BCUT2D eigenvalue weighted by molar-refractivity contribution is 9.10. The minimum atomic E-state index is -0.846. The first-order valence-corrected chi connectivity index (χ1v) is 18.8. The monoisotopic (exact) mass is 754 g/mol. The fourth-order valence-corrected chi connectivity index (χ4v) is 6.80. The van der Waals surface area contributed by atoms with Gasteiger partial charge in [0, 0.05) is 47.8 Å². The van der Waals surface area contributed by atoms with E-state index in [1.54, 1.807) is 31.2 Å². The van der Waals surface area contributed by atoms with Gasteiger partial charge in [0.15, 0.2) is 11.6 Å². The quantitative estimate of drug-likeness (QED) is 0.108. The third-order valence-corrected chi connectivity index (χ3v) is 9.98. The Bertz CT molecular complexity index is 1410. The van der Waals surface area contributed by atoms with Crippen molar-refractivity contribution < 1.29 is 28.5 Å². The molecule has 0 aromatic heterocycles. The van der Waals surface area contributed by atoms with Crippen molar-refractivity contribution in [2.45, 2.75) is 83.2 Å². The second kappa shape index (κ2) is 20.4. The van der Waals surface area contributed by atoms with Crippen LogP contribution in [0.3, 0.4) is 0 Å². The van der Waals surface area contributed by atoms with Crippen LogP contribution < -0.4 is 21.7 Å². The average molecular weight is 756 g/mol. The summed E-state index contributed by atoms with van der Waals surface area (Å²) in [6, 6.07) is 14.7. The lowest BCUT2D eigenvalue weighted by atomic mass is 9.86. The summed E-state index contributed by atoms with van der Waals surface area (Å²) in [5, 5.41) is 8.76. The van der Waals surface area contributed by atoms with E-state index >= 15 is 0 Å². The van der Waals surface area contributed by atoms with Gasteiger partial charge in [-0.3, -0.25) is 24.0 Å². The topological polar surface area (TPSA) is 147 Å². The number of Topliss-reactive ketones (excluding diaryl/α,β-unsaturated/α-hetero) is 2. The number of nitrogens with two attached hydrogens (primary N) is 1. The molecule has 4 atom stereocenters. The molecule has 1 fully saturated rings. The first kappa shape index (κ1) is 41.0. The van der Waals surface area contributed by atoms with Gasteiger partial charge in [-0.2, -0.15) is 0 Å². The second-order valence-electron chi connectivity index (χ2n) is 14.8. The molecule has 1 aliphatic rings. The molecule has 0 spiro atoms. The van der Waals surface area contributed by atoms with E-state index < -0.39 is 23.9 Å². The van der Waals surface area contributed by atoms with Gasteiger partial charge < -0.3 is 26.2 Å². The zero-order chi connectivity index (χ0) is 36.7. The zero-order valence-corrected chi connectivity index (χ0v) is 31.8. The third kappa shape index (κ3) is 14.1. The normalized spacial score (nSPS) is 15.8. The lowest BCUT2D eigenvalue weighted by molar-refractivity contribution is -0.870. The van der Waals surface area contributed by atoms with Gasteiger partial charge in [-0.05, 0) is 74.3 Å². The molecule has 1 aliphatic carbocycles. The highest BCUT2D eigenvalue weighted by atomic mass is 79.9. The number of nitrogens with one attached hydrogen (secondary N) is 3. The Kier molecular flexibility index (Phi) is 16.8. The van der Waals surface area contributed by atoms with Gasteiger partial charge in [0.25, 0.3) is 5.91 Å². The van der Waals surface area contributed by atoms with Crippen LogP contribution in [0.25, 0.3) is 0 Å². The van der Waals surface area contributed by atoms with E-state index in [0.717, 1.165) is 59.6 Å². The third-order valence-electron chi connectivity index (χ3n) is 9.45. The molecule has 0 heterocycles. The number of carbonyl (C=O) groups is 5. The van der Waals surface area contributed by atoms with Crippen LogP contribution in [0.15, 0.2) is 59.1 Å². The number of unbranched alkanes of at least 4 members (excludes halogenated alkanes) is 1. The zero-order valence-electron chi connectivity index (χ0n) is 30.2. The first-order chi connectivity index (χ1) is 23.8. The molecule has 0 aliphatic heterocycles. The molecule has 274 valence electrons. The van der Waals surface area contributed by atoms with Gasteiger partial charge in [0.1, 0.15) is 0 Å². The maximum Gasteiger partial charge on any atom is 0.251 e. The van der Waals surface area contributed by atoms with Crippen LogP contribution in [0.4, 0.5) is 0 Å². The fraction of sp³-hybridized carbons (Fsp3) is 0.564. The molecule has 3 amide bonds. The van der Waals surface area contributed by atoms with E-state index in [9.17, 15) is 24.0 Å². The summed E-state index contributed by atoms with van der Waals surface area (Å²) in [5.74, 6) is -2.61. The van der Waals surface area contributed by atoms with Crippen LogP contribution in [-0.4, -0.2) is 86.6 Å². The molecule has 5 N–H and O–H groups in total. The number of quaternary nitrogens is 1. The maximum atomic E-state index is 13.9. The van der Waals surface area contributed by atoms with Crippen LogP contribution in [0, 0.1) is 17.8 Å². The number of halogens is 1. The van der Waals surface area contributed by atoms with Crippen molar-refractivity contribution in [1.29, 1.82) is 0 Å². The molecular weight excluding hydrogens is 698 g/mol. The molecule has 2 aromatic carbocycles. The Morgan fingerprint density at radius 3 is 2.14 bits per heavy atom. The number of hydrogen-bond donors (Lipinski definition) is 4. The predicted octanol–water partition coefficient (Wildman–Crippen LogP) is 4.59. The van der Waals surface area contributed by atoms with Crippen molar-refractivity contribution >= 4 is 45.2 Å². The van der Waals surface area contributed by atoms with Crippen molar-refractivity contribution in [3.05, 3.63) is 70.2 Å². The van der Waals surface area contributed by atoms with Gasteiger partial charge >= 0.3 is 0 Å². The number of rotatable bonds is 21. The van der Waals surface area contributed by atoms with Gasteiger partial charge in [0.2, 0.25) is 11.8 Å². The molecule has 2 aromatic rings. The van der Waals surface area contributed by atoms with Crippen molar-refractivity contribution in [3.8, 4) is 0 Å².